The van der Waals surface area contributed by atoms with Gasteiger partial charge in [0.15, 0.2) is 5.78 Å². The molecular formula is C29H31BrN4O4. The molecule has 0 radical (unpaired) electrons. The Balaban J connectivity index is 0.000000417. The van der Waals surface area contributed by atoms with Gasteiger partial charge in [0.1, 0.15) is 11.5 Å². The lowest BCUT2D eigenvalue weighted by Crippen LogP contribution is -2.17. The van der Waals surface area contributed by atoms with E-state index in [1.807, 2.05) is 55.9 Å². The summed E-state index contributed by atoms with van der Waals surface area (Å²) in [6, 6.07) is 16.6. The first kappa shape index (κ1) is 27.2. The predicted molar refractivity (Wildman–Crippen MR) is 153 cm³/mol. The van der Waals surface area contributed by atoms with Crippen LogP contribution in [0.5, 0.6) is 11.5 Å². The number of fused-ring (bicyclic) bond motifs is 1. The van der Waals surface area contributed by atoms with E-state index in [0.717, 1.165) is 46.1 Å². The number of methoxy groups -OCH3 is 2. The van der Waals surface area contributed by atoms with Gasteiger partial charge in [-0.05, 0) is 67.4 Å². The van der Waals surface area contributed by atoms with Gasteiger partial charge < -0.3 is 24.3 Å². The van der Waals surface area contributed by atoms with E-state index < -0.39 is 0 Å². The number of rotatable bonds is 6. The lowest BCUT2D eigenvalue weighted by atomic mass is 10.0. The molecule has 1 aliphatic rings. The summed E-state index contributed by atoms with van der Waals surface area (Å²) in [5, 5.41) is 3.38. The van der Waals surface area contributed by atoms with Gasteiger partial charge in [0, 0.05) is 42.7 Å². The molecule has 0 bridgehead atoms. The molecule has 8 nitrogen and oxygen atoms in total. The fourth-order valence-electron chi connectivity index (χ4n) is 4.39. The molecule has 198 valence electrons. The fraction of sp³-hybridized carbons (Fsp3) is 0.276. The van der Waals surface area contributed by atoms with Crippen molar-refractivity contribution in [1.29, 1.82) is 0 Å². The number of ether oxygens (including phenoxy) is 2. The molecule has 0 spiro atoms. The molecule has 38 heavy (non-hydrogen) atoms. The maximum atomic E-state index is 13.2. The minimum absolute atomic E-state index is 0.0693. The number of carbonyl (C=O) groups excluding carboxylic acids is 2. The summed E-state index contributed by atoms with van der Waals surface area (Å²) < 4.78 is 13.6. The van der Waals surface area contributed by atoms with Crippen molar-refractivity contribution in [2.45, 2.75) is 19.8 Å². The highest BCUT2D eigenvalue weighted by atomic mass is 79.9. The van der Waals surface area contributed by atoms with Crippen molar-refractivity contribution >= 4 is 50.3 Å². The summed E-state index contributed by atoms with van der Waals surface area (Å²) in [7, 11) is 6.97. The van der Waals surface area contributed by atoms with Gasteiger partial charge in [-0.2, -0.15) is 0 Å². The van der Waals surface area contributed by atoms with E-state index in [9.17, 15) is 9.59 Å². The SMILES string of the molecule is CN1CCCC1=O.COc1ccc(C(=O)c2cccc3nc(Nc4c(C)cc(Br)cc4OC)n(C)c23)cc1. The average Bonchev–Trinajstić information content (AvgIpc) is 3.46. The number of amides is 1. The first-order valence-electron chi connectivity index (χ1n) is 12.2. The number of aryl methyl sites for hydroxylation is 2. The van der Waals surface area contributed by atoms with Gasteiger partial charge in [0.25, 0.3) is 0 Å². The van der Waals surface area contributed by atoms with Crippen LogP contribution in [0.3, 0.4) is 0 Å². The number of nitrogens with zero attached hydrogens (tertiary/aromatic N) is 3. The summed E-state index contributed by atoms with van der Waals surface area (Å²) in [6.45, 7) is 2.95. The quantitative estimate of drug-likeness (QED) is 0.288. The fourth-order valence-corrected chi connectivity index (χ4v) is 4.94. The second-order valence-corrected chi connectivity index (χ2v) is 9.98. The summed E-state index contributed by atoms with van der Waals surface area (Å²) in [5.41, 5.74) is 4.51. The minimum Gasteiger partial charge on any atom is -0.497 e. The first-order valence-corrected chi connectivity index (χ1v) is 13.0. The zero-order valence-electron chi connectivity index (χ0n) is 22.2. The van der Waals surface area contributed by atoms with Crippen LogP contribution >= 0.6 is 15.9 Å². The number of imidazole rings is 1. The molecule has 1 fully saturated rings. The Hall–Kier alpha value is -3.85. The Kier molecular flexibility index (Phi) is 8.36. The van der Waals surface area contributed by atoms with E-state index in [-0.39, 0.29) is 5.78 Å². The van der Waals surface area contributed by atoms with E-state index in [4.69, 9.17) is 14.5 Å². The largest absolute Gasteiger partial charge is 0.497 e. The molecular weight excluding hydrogens is 548 g/mol. The summed E-state index contributed by atoms with van der Waals surface area (Å²) in [4.78, 5) is 30.2. The minimum atomic E-state index is -0.0693. The topological polar surface area (TPSA) is 85.7 Å². The molecule has 1 amide bonds. The number of para-hydroxylation sites is 1. The lowest BCUT2D eigenvalue weighted by molar-refractivity contribution is -0.126. The van der Waals surface area contributed by atoms with Crippen LogP contribution in [0.15, 0.2) is 59.1 Å². The smallest absolute Gasteiger partial charge is 0.222 e. The number of ketones is 1. The van der Waals surface area contributed by atoms with E-state index in [2.05, 4.69) is 21.2 Å². The molecule has 0 atom stereocenters. The van der Waals surface area contributed by atoms with Gasteiger partial charge in [-0.15, -0.1) is 0 Å². The average molecular weight is 579 g/mol. The molecule has 4 aromatic rings. The maximum Gasteiger partial charge on any atom is 0.222 e. The van der Waals surface area contributed by atoms with Gasteiger partial charge in [-0.1, -0.05) is 22.0 Å². The normalized spacial score (nSPS) is 12.8. The highest BCUT2D eigenvalue weighted by Gasteiger charge is 2.19. The molecule has 1 N–H and O–H groups in total. The van der Waals surface area contributed by atoms with Crippen molar-refractivity contribution in [1.82, 2.24) is 14.5 Å². The van der Waals surface area contributed by atoms with Crippen LogP contribution in [0.2, 0.25) is 0 Å². The molecule has 1 aliphatic heterocycles. The van der Waals surface area contributed by atoms with Crippen LogP contribution in [0.1, 0.15) is 34.3 Å². The first-order chi connectivity index (χ1) is 18.2. The van der Waals surface area contributed by atoms with Gasteiger partial charge in [0.05, 0.1) is 30.9 Å². The molecule has 1 aromatic heterocycles. The van der Waals surface area contributed by atoms with Gasteiger partial charge in [-0.3, -0.25) is 9.59 Å². The standard InChI is InChI=1S/C24H22BrN3O3.C5H9NO/c1-14-12-16(25)13-20(31-4)21(14)27-24-26-19-7-5-6-18(22(19)28(24)2)23(29)15-8-10-17(30-3)11-9-15;1-6-4-2-3-5(6)7/h5-13H,1-4H3,(H,26,27);2-4H2,1H3. The second-order valence-electron chi connectivity index (χ2n) is 9.07. The number of anilines is 2. The van der Waals surface area contributed by atoms with Crippen molar-refractivity contribution in [2.24, 2.45) is 7.05 Å². The predicted octanol–water partition coefficient (Wildman–Crippen LogP) is 5.87. The molecule has 9 heteroatoms. The Morgan fingerprint density at radius 1 is 1.05 bits per heavy atom. The zero-order chi connectivity index (χ0) is 27.4. The summed E-state index contributed by atoms with van der Waals surface area (Å²) in [5.74, 6) is 2.25. The van der Waals surface area contributed by atoms with Crippen LogP contribution in [-0.4, -0.2) is 54.0 Å². The van der Waals surface area contributed by atoms with E-state index in [0.29, 0.717) is 34.5 Å². The second kappa shape index (κ2) is 11.7. The van der Waals surface area contributed by atoms with Crippen molar-refractivity contribution in [3.05, 3.63) is 75.8 Å². The molecule has 0 aliphatic carbocycles. The number of hydrogen-bond donors (Lipinski definition) is 1. The molecule has 2 heterocycles. The van der Waals surface area contributed by atoms with Crippen LogP contribution in [-0.2, 0) is 11.8 Å². The molecule has 3 aromatic carbocycles. The van der Waals surface area contributed by atoms with Gasteiger partial charge >= 0.3 is 0 Å². The van der Waals surface area contributed by atoms with Gasteiger partial charge in [-0.25, -0.2) is 4.98 Å². The van der Waals surface area contributed by atoms with Crippen molar-refractivity contribution < 1.29 is 19.1 Å². The van der Waals surface area contributed by atoms with Crippen molar-refractivity contribution in [3.8, 4) is 11.5 Å². The van der Waals surface area contributed by atoms with Crippen molar-refractivity contribution in [3.63, 3.8) is 0 Å². The number of carbonyl (C=O) groups is 2. The third-order valence-corrected chi connectivity index (χ3v) is 6.98. The lowest BCUT2D eigenvalue weighted by Gasteiger charge is -2.14. The molecule has 0 unspecified atom stereocenters. The summed E-state index contributed by atoms with van der Waals surface area (Å²) in [6.07, 6.45) is 1.81. The van der Waals surface area contributed by atoms with E-state index in [1.54, 1.807) is 43.4 Å². The van der Waals surface area contributed by atoms with Crippen LogP contribution in [0.4, 0.5) is 11.6 Å². The molecule has 5 rings (SSSR count). The van der Waals surface area contributed by atoms with Crippen LogP contribution in [0, 0.1) is 6.92 Å². The molecule has 0 saturated carbocycles. The zero-order valence-corrected chi connectivity index (χ0v) is 23.8. The highest BCUT2D eigenvalue weighted by molar-refractivity contribution is 9.10. The van der Waals surface area contributed by atoms with Crippen LogP contribution in [0.25, 0.3) is 11.0 Å². The number of nitrogens with one attached hydrogen (secondary N) is 1. The number of hydrogen-bond acceptors (Lipinski definition) is 6. The monoisotopic (exact) mass is 578 g/mol. The number of benzene rings is 3. The van der Waals surface area contributed by atoms with E-state index >= 15 is 0 Å². The maximum absolute atomic E-state index is 13.2. The van der Waals surface area contributed by atoms with Gasteiger partial charge in [0.2, 0.25) is 11.9 Å². The number of likely N-dealkylation sites (tertiary alicyclic amines) is 1. The Bertz CT molecular complexity index is 1480. The van der Waals surface area contributed by atoms with Crippen molar-refractivity contribution in [2.75, 3.05) is 33.1 Å². The third kappa shape index (κ3) is 5.67. The Labute approximate surface area is 230 Å². The third-order valence-electron chi connectivity index (χ3n) is 6.52. The van der Waals surface area contributed by atoms with Crippen LogP contribution < -0.4 is 14.8 Å². The Morgan fingerprint density at radius 2 is 1.79 bits per heavy atom. The number of aromatic nitrogens is 2. The highest BCUT2D eigenvalue weighted by Crippen LogP contribution is 2.35. The Morgan fingerprint density at radius 3 is 2.37 bits per heavy atom. The molecule has 1 saturated heterocycles. The summed E-state index contributed by atoms with van der Waals surface area (Å²) >= 11 is 3.50. The number of halogens is 1. The van der Waals surface area contributed by atoms with E-state index in [1.165, 1.54) is 0 Å².